The van der Waals surface area contributed by atoms with Crippen LogP contribution in [0.4, 0.5) is 11.4 Å². The molecule has 0 saturated heterocycles. The number of carbonyl (C=O) groups excluding carboxylic acids is 2. The maximum Gasteiger partial charge on any atom is 0.348 e. The molecule has 1 heterocycles. The van der Waals surface area contributed by atoms with Crippen LogP contribution in [0.15, 0.2) is 30.3 Å². The molecule has 1 amide bonds. The SMILES string of the molecule is Cc1ccc(C(=O)OCC(=O)Nc2ccc([N+](=O)[O-])cc2Cl)s1. The molecule has 0 spiro atoms. The average molecular weight is 355 g/mol. The van der Waals surface area contributed by atoms with Crippen molar-refractivity contribution >= 4 is 46.2 Å². The summed E-state index contributed by atoms with van der Waals surface area (Å²) in [6.45, 7) is 1.37. The molecule has 2 rings (SSSR count). The molecule has 7 nitrogen and oxygen atoms in total. The third kappa shape index (κ3) is 4.51. The first kappa shape index (κ1) is 16.9. The van der Waals surface area contributed by atoms with Gasteiger partial charge in [-0.1, -0.05) is 11.6 Å². The predicted molar refractivity (Wildman–Crippen MR) is 86.1 cm³/mol. The topological polar surface area (TPSA) is 98.5 Å². The van der Waals surface area contributed by atoms with Crippen LogP contribution in [-0.2, 0) is 9.53 Å². The number of ether oxygens (including phenoxy) is 1. The van der Waals surface area contributed by atoms with Gasteiger partial charge in [0.25, 0.3) is 11.6 Å². The maximum atomic E-state index is 11.7. The van der Waals surface area contributed by atoms with E-state index in [2.05, 4.69) is 5.32 Å². The van der Waals surface area contributed by atoms with Gasteiger partial charge in [-0.3, -0.25) is 14.9 Å². The number of halogens is 1. The zero-order valence-corrected chi connectivity index (χ0v) is 13.4. The molecule has 23 heavy (non-hydrogen) atoms. The molecule has 0 radical (unpaired) electrons. The number of nitrogens with zero attached hydrogens (tertiary/aromatic N) is 1. The van der Waals surface area contributed by atoms with Crippen molar-refractivity contribution in [2.24, 2.45) is 0 Å². The molecule has 120 valence electrons. The van der Waals surface area contributed by atoms with Crippen molar-refractivity contribution in [3.05, 3.63) is 55.2 Å². The van der Waals surface area contributed by atoms with Crippen molar-refractivity contribution < 1.29 is 19.2 Å². The number of thiophene rings is 1. The maximum absolute atomic E-state index is 11.7. The molecule has 1 aromatic heterocycles. The first-order chi connectivity index (χ1) is 10.9. The lowest BCUT2D eigenvalue weighted by Crippen LogP contribution is -2.20. The second kappa shape index (κ2) is 7.21. The molecule has 0 aliphatic carbocycles. The van der Waals surface area contributed by atoms with Crippen LogP contribution >= 0.6 is 22.9 Å². The van der Waals surface area contributed by atoms with Crippen LogP contribution in [0.1, 0.15) is 14.5 Å². The first-order valence-corrected chi connectivity index (χ1v) is 7.53. The number of carbonyl (C=O) groups is 2. The molecule has 0 aliphatic rings. The van der Waals surface area contributed by atoms with Gasteiger partial charge >= 0.3 is 5.97 Å². The second-order valence-electron chi connectivity index (χ2n) is 4.46. The van der Waals surface area contributed by atoms with Crippen LogP contribution in [0.5, 0.6) is 0 Å². The van der Waals surface area contributed by atoms with E-state index in [-0.39, 0.29) is 16.4 Å². The predicted octanol–water partition coefficient (Wildman–Crippen LogP) is 3.41. The molecule has 1 aromatic carbocycles. The Morgan fingerprint density at radius 1 is 1.35 bits per heavy atom. The summed E-state index contributed by atoms with van der Waals surface area (Å²) in [6, 6.07) is 7.04. The fourth-order valence-electron chi connectivity index (χ4n) is 1.65. The summed E-state index contributed by atoms with van der Waals surface area (Å²) in [5, 5.41) is 13.0. The lowest BCUT2D eigenvalue weighted by Gasteiger charge is -2.07. The summed E-state index contributed by atoms with van der Waals surface area (Å²) in [6.07, 6.45) is 0. The minimum atomic E-state index is -0.595. The van der Waals surface area contributed by atoms with E-state index in [9.17, 15) is 19.7 Å². The Kier molecular flexibility index (Phi) is 5.30. The fourth-order valence-corrected chi connectivity index (χ4v) is 2.64. The van der Waals surface area contributed by atoms with Gasteiger partial charge in [0, 0.05) is 17.0 Å². The van der Waals surface area contributed by atoms with Crippen molar-refractivity contribution in [2.45, 2.75) is 6.92 Å². The summed E-state index contributed by atoms with van der Waals surface area (Å²) in [7, 11) is 0. The summed E-state index contributed by atoms with van der Waals surface area (Å²) in [4.78, 5) is 34.8. The fraction of sp³-hybridized carbons (Fsp3) is 0.143. The molecule has 0 bridgehead atoms. The number of hydrogen-bond donors (Lipinski definition) is 1. The van der Waals surface area contributed by atoms with Gasteiger partial charge in [0.2, 0.25) is 0 Å². The highest BCUT2D eigenvalue weighted by atomic mass is 35.5. The van der Waals surface area contributed by atoms with Crippen molar-refractivity contribution in [2.75, 3.05) is 11.9 Å². The molecular formula is C14H11ClN2O5S. The third-order valence-corrected chi connectivity index (χ3v) is 4.01. The number of esters is 1. The monoisotopic (exact) mass is 354 g/mol. The van der Waals surface area contributed by atoms with Gasteiger partial charge in [0.05, 0.1) is 15.6 Å². The molecule has 1 N–H and O–H groups in total. The first-order valence-electron chi connectivity index (χ1n) is 6.34. The van der Waals surface area contributed by atoms with Gasteiger partial charge in [0.15, 0.2) is 6.61 Å². The Morgan fingerprint density at radius 3 is 2.65 bits per heavy atom. The molecular weight excluding hydrogens is 344 g/mol. The minimum Gasteiger partial charge on any atom is -0.451 e. The number of nitrogens with one attached hydrogen (secondary N) is 1. The summed E-state index contributed by atoms with van der Waals surface area (Å²) in [5.41, 5.74) is 0.0118. The second-order valence-corrected chi connectivity index (χ2v) is 6.15. The van der Waals surface area contributed by atoms with Crippen molar-refractivity contribution in [1.82, 2.24) is 0 Å². The van der Waals surface area contributed by atoms with Gasteiger partial charge in [-0.15, -0.1) is 11.3 Å². The largest absolute Gasteiger partial charge is 0.451 e. The number of amides is 1. The number of nitro groups is 1. The van der Waals surface area contributed by atoms with Gasteiger partial charge in [-0.05, 0) is 25.1 Å². The summed E-state index contributed by atoms with van der Waals surface area (Å²) in [5.74, 6) is -1.18. The van der Waals surface area contributed by atoms with Crippen molar-refractivity contribution in [3.8, 4) is 0 Å². The number of benzene rings is 1. The number of hydrogen-bond acceptors (Lipinski definition) is 6. The number of rotatable bonds is 5. The highest BCUT2D eigenvalue weighted by Gasteiger charge is 2.14. The van der Waals surface area contributed by atoms with E-state index in [1.54, 1.807) is 12.1 Å². The van der Waals surface area contributed by atoms with Crippen LogP contribution in [0.2, 0.25) is 5.02 Å². The number of anilines is 1. The molecule has 2 aromatic rings. The Bertz CT molecular complexity index is 774. The third-order valence-electron chi connectivity index (χ3n) is 2.71. The van der Waals surface area contributed by atoms with Crippen molar-refractivity contribution in [3.63, 3.8) is 0 Å². The summed E-state index contributed by atoms with van der Waals surface area (Å²) >= 11 is 7.12. The standard InChI is InChI=1S/C14H11ClN2O5S/c1-8-2-5-12(23-8)14(19)22-7-13(18)16-11-4-3-9(17(20)21)6-10(11)15/h2-6H,7H2,1H3,(H,16,18). The van der Waals surface area contributed by atoms with Crippen LogP contribution in [0, 0.1) is 17.0 Å². The molecule has 0 fully saturated rings. The Balaban J connectivity index is 1.92. The quantitative estimate of drug-likeness (QED) is 0.504. The Hall–Kier alpha value is -2.45. The molecule has 0 saturated carbocycles. The smallest absolute Gasteiger partial charge is 0.348 e. The zero-order chi connectivity index (χ0) is 17.0. The highest BCUT2D eigenvalue weighted by Crippen LogP contribution is 2.26. The van der Waals surface area contributed by atoms with Crippen LogP contribution < -0.4 is 5.32 Å². The Morgan fingerprint density at radius 2 is 2.09 bits per heavy atom. The van der Waals surface area contributed by atoms with E-state index >= 15 is 0 Å². The number of non-ortho nitro benzene ring substituents is 1. The van der Waals surface area contributed by atoms with E-state index in [4.69, 9.17) is 16.3 Å². The van der Waals surface area contributed by atoms with Crippen LogP contribution in [0.25, 0.3) is 0 Å². The van der Waals surface area contributed by atoms with E-state index in [1.807, 2.05) is 6.92 Å². The van der Waals surface area contributed by atoms with E-state index in [0.29, 0.717) is 4.88 Å². The van der Waals surface area contributed by atoms with Gasteiger partial charge in [0.1, 0.15) is 4.88 Å². The van der Waals surface area contributed by atoms with E-state index < -0.39 is 23.4 Å². The highest BCUT2D eigenvalue weighted by molar-refractivity contribution is 7.13. The minimum absolute atomic E-state index is 0.0211. The van der Waals surface area contributed by atoms with Crippen LogP contribution in [-0.4, -0.2) is 23.4 Å². The lowest BCUT2D eigenvalue weighted by molar-refractivity contribution is -0.384. The van der Waals surface area contributed by atoms with Gasteiger partial charge < -0.3 is 10.1 Å². The van der Waals surface area contributed by atoms with Crippen LogP contribution in [0.3, 0.4) is 0 Å². The summed E-state index contributed by atoms with van der Waals surface area (Å²) < 4.78 is 4.89. The van der Waals surface area contributed by atoms with Crippen molar-refractivity contribution in [1.29, 1.82) is 0 Å². The average Bonchev–Trinajstić information content (AvgIpc) is 2.93. The molecule has 0 aliphatic heterocycles. The normalized spacial score (nSPS) is 10.2. The lowest BCUT2D eigenvalue weighted by atomic mass is 10.3. The number of aryl methyl sites for hydroxylation is 1. The van der Waals surface area contributed by atoms with E-state index in [0.717, 1.165) is 10.9 Å². The molecule has 0 unspecified atom stereocenters. The van der Waals surface area contributed by atoms with Gasteiger partial charge in [-0.25, -0.2) is 4.79 Å². The van der Waals surface area contributed by atoms with E-state index in [1.165, 1.54) is 23.5 Å². The molecule has 9 heteroatoms. The van der Waals surface area contributed by atoms with Gasteiger partial charge in [-0.2, -0.15) is 0 Å². The zero-order valence-electron chi connectivity index (χ0n) is 11.9. The Labute approximate surface area is 140 Å². The number of nitro benzene ring substituents is 1. The molecule has 0 atom stereocenters.